The molecule has 0 N–H and O–H groups in total. The summed E-state index contributed by atoms with van der Waals surface area (Å²) in [6, 6.07) is 6.66. The Kier molecular flexibility index (Phi) is 3.62. The number of hydrogen-bond acceptors (Lipinski definition) is 5. The Hall–Kier alpha value is -1.85. The number of rotatable bonds is 2. The van der Waals surface area contributed by atoms with Gasteiger partial charge in [0.15, 0.2) is 11.5 Å². The molecule has 0 unspecified atom stereocenters. The Bertz CT molecular complexity index is 768. The molecular weight excluding hydrogens is 310 g/mol. The first-order valence-corrected chi connectivity index (χ1v) is 8.73. The number of carbonyl (C=O) groups excluding carboxylic acids is 1. The summed E-state index contributed by atoms with van der Waals surface area (Å²) in [5, 5.41) is 2.20. The lowest BCUT2D eigenvalue weighted by Crippen LogP contribution is -2.38. The number of methoxy groups -OCH3 is 1. The van der Waals surface area contributed by atoms with Crippen molar-refractivity contribution in [2.75, 3.05) is 13.7 Å². The second kappa shape index (κ2) is 5.65. The van der Waals surface area contributed by atoms with E-state index in [2.05, 4.69) is 22.4 Å². The maximum atomic E-state index is 11.3. The van der Waals surface area contributed by atoms with Gasteiger partial charge in [0.2, 0.25) is 0 Å². The molecule has 2 aromatic rings. The van der Waals surface area contributed by atoms with E-state index in [1.807, 2.05) is 17.4 Å². The summed E-state index contributed by atoms with van der Waals surface area (Å²) in [6.07, 6.45) is 2.10. The summed E-state index contributed by atoms with van der Waals surface area (Å²) < 4.78 is 10.9. The van der Waals surface area contributed by atoms with Crippen LogP contribution < -0.4 is 9.47 Å². The monoisotopic (exact) mass is 329 g/mol. The topological polar surface area (TPSA) is 38.8 Å². The molecule has 0 saturated carbocycles. The van der Waals surface area contributed by atoms with Crippen molar-refractivity contribution in [3.8, 4) is 11.5 Å². The molecule has 4 nitrogen and oxygen atoms in total. The molecule has 23 heavy (non-hydrogen) atoms. The quantitative estimate of drug-likeness (QED) is 0.626. The summed E-state index contributed by atoms with van der Waals surface area (Å²) >= 11 is 1.87. The van der Waals surface area contributed by atoms with Gasteiger partial charge in [-0.3, -0.25) is 9.69 Å². The maximum absolute atomic E-state index is 11.3. The average Bonchev–Trinajstić information content (AvgIpc) is 3.01. The van der Waals surface area contributed by atoms with E-state index in [4.69, 9.17) is 9.47 Å². The summed E-state index contributed by atoms with van der Waals surface area (Å²) in [4.78, 5) is 15.3. The molecule has 120 valence electrons. The summed E-state index contributed by atoms with van der Waals surface area (Å²) in [7, 11) is 1.64. The van der Waals surface area contributed by atoms with Crippen molar-refractivity contribution in [2.24, 2.45) is 0 Å². The van der Waals surface area contributed by atoms with Gasteiger partial charge in [-0.15, -0.1) is 11.3 Å². The second-order valence-corrected chi connectivity index (χ2v) is 7.07. The Labute approximate surface area is 139 Å². The second-order valence-electron chi connectivity index (χ2n) is 6.07. The zero-order valence-corrected chi connectivity index (χ0v) is 14.1. The zero-order chi connectivity index (χ0) is 16.0. The normalized spacial score (nSPS) is 19.5. The van der Waals surface area contributed by atoms with E-state index in [9.17, 15) is 4.79 Å². The van der Waals surface area contributed by atoms with Crippen molar-refractivity contribution < 1.29 is 14.3 Å². The molecule has 0 fully saturated rings. The van der Waals surface area contributed by atoms with Crippen LogP contribution in [0.4, 0.5) is 0 Å². The number of benzene rings is 1. The van der Waals surface area contributed by atoms with Crippen LogP contribution in [0.5, 0.6) is 11.5 Å². The lowest BCUT2D eigenvalue weighted by atomic mass is 9.87. The Morgan fingerprint density at radius 3 is 3.00 bits per heavy atom. The van der Waals surface area contributed by atoms with E-state index in [-0.39, 0.29) is 5.97 Å². The Morgan fingerprint density at radius 2 is 2.22 bits per heavy atom. The number of ether oxygens (including phenoxy) is 2. The Balaban J connectivity index is 1.74. The van der Waals surface area contributed by atoms with Crippen LogP contribution in [0.3, 0.4) is 0 Å². The van der Waals surface area contributed by atoms with Crippen LogP contribution in [0.1, 0.15) is 34.5 Å². The van der Waals surface area contributed by atoms with Gasteiger partial charge in [-0.25, -0.2) is 0 Å². The molecule has 0 bridgehead atoms. The number of nitrogens with zero attached hydrogens (tertiary/aromatic N) is 1. The van der Waals surface area contributed by atoms with E-state index in [0.29, 0.717) is 17.5 Å². The minimum atomic E-state index is -0.321. The molecule has 1 atom stereocenters. The molecule has 0 aliphatic carbocycles. The molecule has 5 heteroatoms. The lowest BCUT2D eigenvalue weighted by Gasteiger charge is -2.40. The molecule has 1 aromatic heterocycles. The van der Waals surface area contributed by atoms with Gasteiger partial charge in [0, 0.05) is 36.5 Å². The molecule has 0 saturated heterocycles. The van der Waals surface area contributed by atoms with Crippen molar-refractivity contribution in [3.63, 3.8) is 0 Å². The number of carbonyl (C=O) groups is 1. The van der Waals surface area contributed by atoms with E-state index in [1.165, 1.54) is 22.9 Å². The standard InChI is InChI=1S/C18H19NO3S/c1-11(20)22-16-4-3-12-9-15-13-6-8-23-17(13)5-7-19(15)10-14(12)18(16)21-2/h3-4,6,8,15H,5,7,9-10H2,1-2H3/t15-/m0/s1. The van der Waals surface area contributed by atoms with Crippen molar-refractivity contribution in [2.45, 2.75) is 32.4 Å². The largest absolute Gasteiger partial charge is 0.492 e. The molecular formula is C18H19NO3S. The van der Waals surface area contributed by atoms with Crippen molar-refractivity contribution in [3.05, 3.63) is 45.1 Å². The summed E-state index contributed by atoms with van der Waals surface area (Å²) in [5.41, 5.74) is 3.93. The molecule has 0 spiro atoms. The van der Waals surface area contributed by atoms with E-state index in [0.717, 1.165) is 31.5 Å². The van der Waals surface area contributed by atoms with E-state index in [1.54, 1.807) is 7.11 Å². The van der Waals surface area contributed by atoms with Gasteiger partial charge in [-0.1, -0.05) is 6.07 Å². The first-order valence-electron chi connectivity index (χ1n) is 7.85. The van der Waals surface area contributed by atoms with E-state index < -0.39 is 0 Å². The molecule has 1 aromatic carbocycles. The SMILES string of the molecule is COc1c(OC(C)=O)ccc2c1CN1CCc3sccc3[C@@H]1C2. The number of thiophene rings is 1. The van der Waals surface area contributed by atoms with E-state index >= 15 is 0 Å². The smallest absolute Gasteiger partial charge is 0.308 e. The van der Waals surface area contributed by atoms with Crippen LogP contribution in [0.25, 0.3) is 0 Å². The third kappa shape index (κ3) is 2.44. The maximum Gasteiger partial charge on any atom is 0.308 e. The van der Waals surface area contributed by atoms with Crippen LogP contribution in [0.2, 0.25) is 0 Å². The third-order valence-electron chi connectivity index (χ3n) is 4.76. The predicted octanol–water partition coefficient (Wildman–Crippen LogP) is 3.34. The van der Waals surface area contributed by atoms with Crippen LogP contribution >= 0.6 is 11.3 Å². The van der Waals surface area contributed by atoms with Gasteiger partial charge in [-0.2, -0.15) is 0 Å². The molecule has 4 rings (SSSR count). The summed E-state index contributed by atoms with van der Waals surface area (Å²) in [6.45, 7) is 3.32. The molecule has 2 aliphatic heterocycles. The van der Waals surface area contributed by atoms with Crippen molar-refractivity contribution in [1.82, 2.24) is 4.90 Å². The van der Waals surface area contributed by atoms with Gasteiger partial charge in [0.05, 0.1) is 7.11 Å². The molecule has 3 heterocycles. The molecule has 0 radical (unpaired) electrons. The van der Waals surface area contributed by atoms with Crippen LogP contribution in [-0.2, 0) is 24.2 Å². The van der Waals surface area contributed by atoms with Crippen LogP contribution in [0.15, 0.2) is 23.6 Å². The summed E-state index contributed by atoms with van der Waals surface area (Å²) in [5.74, 6) is 0.899. The average molecular weight is 329 g/mol. The molecule has 2 aliphatic rings. The highest BCUT2D eigenvalue weighted by molar-refractivity contribution is 7.10. The highest BCUT2D eigenvalue weighted by Crippen LogP contribution is 2.44. The van der Waals surface area contributed by atoms with Gasteiger partial charge < -0.3 is 9.47 Å². The Morgan fingerprint density at radius 1 is 1.35 bits per heavy atom. The van der Waals surface area contributed by atoms with Gasteiger partial charge in [0.25, 0.3) is 0 Å². The highest BCUT2D eigenvalue weighted by atomic mass is 32.1. The minimum Gasteiger partial charge on any atom is -0.492 e. The minimum absolute atomic E-state index is 0.321. The first kappa shape index (κ1) is 14.7. The van der Waals surface area contributed by atoms with Crippen molar-refractivity contribution >= 4 is 17.3 Å². The fourth-order valence-electron chi connectivity index (χ4n) is 3.76. The van der Waals surface area contributed by atoms with Gasteiger partial charge in [0.1, 0.15) is 0 Å². The first-order chi connectivity index (χ1) is 11.2. The van der Waals surface area contributed by atoms with Crippen LogP contribution in [0, 0.1) is 0 Å². The lowest BCUT2D eigenvalue weighted by molar-refractivity contribution is -0.132. The molecule has 0 amide bonds. The number of hydrogen-bond donors (Lipinski definition) is 0. The number of fused-ring (bicyclic) bond motifs is 4. The van der Waals surface area contributed by atoms with Gasteiger partial charge in [-0.05, 0) is 41.5 Å². The van der Waals surface area contributed by atoms with Gasteiger partial charge >= 0.3 is 5.97 Å². The fraction of sp³-hybridized carbons (Fsp3) is 0.389. The zero-order valence-electron chi connectivity index (χ0n) is 13.3. The highest BCUT2D eigenvalue weighted by Gasteiger charge is 2.34. The van der Waals surface area contributed by atoms with Crippen LogP contribution in [-0.4, -0.2) is 24.5 Å². The fourth-order valence-corrected chi connectivity index (χ4v) is 4.69. The predicted molar refractivity (Wildman–Crippen MR) is 89.2 cm³/mol. The van der Waals surface area contributed by atoms with Crippen molar-refractivity contribution in [1.29, 1.82) is 0 Å². The third-order valence-corrected chi connectivity index (χ3v) is 5.76. The number of esters is 1.